The lowest BCUT2D eigenvalue weighted by atomic mass is 10.1. The highest BCUT2D eigenvalue weighted by Gasteiger charge is 2.11. The molecule has 0 aliphatic carbocycles. The Bertz CT molecular complexity index is 736. The van der Waals surface area contributed by atoms with Crippen LogP contribution in [0.25, 0.3) is 0 Å². The van der Waals surface area contributed by atoms with Crippen LogP contribution in [0.4, 0.5) is 5.69 Å². The number of ether oxygens (including phenoxy) is 2. The van der Waals surface area contributed by atoms with Gasteiger partial charge in [-0.25, -0.2) is 4.79 Å². The van der Waals surface area contributed by atoms with Gasteiger partial charge in [-0.2, -0.15) is 0 Å². The summed E-state index contributed by atoms with van der Waals surface area (Å²) in [5.41, 5.74) is 2.58. The number of benzene rings is 2. The second-order valence-corrected chi connectivity index (χ2v) is 5.17. The third-order valence-electron chi connectivity index (χ3n) is 3.37. The van der Waals surface area contributed by atoms with Crippen molar-refractivity contribution in [2.45, 2.75) is 20.3 Å². The van der Waals surface area contributed by atoms with Crippen LogP contribution in [0, 0.1) is 0 Å². The Kier molecular flexibility index (Phi) is 6.89. The minimum Gasteiger partial charge on any atom is -0.466 e. The van der Waals surface area contributed by atoms with E-state index in [0.29, 0.717) is 30.2 Å². The second kappa shape index (κ2) is 9.37. The highest BCUT2D eigenvalue weighted by Crippen LogP contribution is 2.17. The SMILES string of the molecule is CCOC(=O)CC(=Nc1ccc(C(=O)OCC)cc1)c1ccccc1. The highest BCUT2D eigenvalue weighted by atomic mass is 16.5. The van der Waals surface area contributed by atoms with E-state index in [1.165, 1.54) is 0 Å². The van der Waals surface area contributed by atoms with Gasteiger partial charge in [0.15, 0.2) is 0 Å². The Morgan fingerprint density at radius 2 is 1.48 bits per heavy atom. The summed E-state index contributed by atoms with van der Waals surface area (Å²) in [6.45, 7) is 4.19. The van der Waals surface area contributed by atoms with Crippen LogP contribution in [0.3, 0.4) is 0 Å². The van der Waals surface area contributed by atoms with E-state index in [-0.39, 0.29) is 18.4 Å². The monoisotopic (exact) mass is 339 g/mol. The maximum Gasteiger partial charge on any atom is 0.338 e. The average Bonchev–Trinajstić information content (AvgIpc) is 2.63. The maximum absolute atomic E-state index is 11.9. The van der Waals surface area contributed by atoms with Gasteiger partial charge >= 0.3 is 11.9 Å². The molecule has 25 heavy (non-hydrogen) atoms. The summed E-state index contributed by atoms with van der Waals surface area (Å²) in [5, 5.41) is 0. The largest absolute Gasteiger partial charge is 0.466 e. The van der Waals surface area contributed by atoms with Gasteiger partial charge in [0.2, 0.25) is 0 Å². The number of hydrogen-bond acceptors (Lipinski definition) is 5. The Labute approximate surface area is 147 Å². The molecule has 0 amide bonds. The van der Waals surface area contributed by atoms with Gasteiger partial charge in [-0.3, -0.25) is 9.79 Å². The predicted octanol–water partition coefficient (Wildman–Crippen LogP) is 3.94. The Morgan fingerprint density at radius 3 is 2.08 bits per heavy atom. The number of rotatable bonds is 7. The molecule has 0 N–H and O–H groups in total. The molecule has 0 bridgehead atoms. The Balaban J connectivity index is 2.27. The summed E-state index contributed by atoms with van der Waals surface area (Å²) in [6.07, 6.45) is 0.0808. The summed E-state index contributed by atoms with van der Waals surface area (Å²) in [7, 11) is 0. The van der Waals surface area contributed by atoms with Crippen LogP contribution in [0.2, 0.25) is 0 Å². The van der Waals surface area contributed by atoms with Gasteiger partial charge in [-0.1, -0.05) is 30.3 Å². The third-order valence-corrected chi connectivity index (χ3v) is 3.37. The van der Waals surface area contributed by atoms with Gasteiger partial charge < -0.3 is 9.47 Å². The molecule has 0 aliphatic rings. The smallest absolute Gasteiger partial charge is 0.338 e. The lowest BCUT2D eigenvalue weighted by Crippen LogP contribution is -2.12. The number of aliphatic imine (C=N–C) groups is 1. The first-order valence-corrected chi connectivity index (χ1v) is 8.19. The summed E-state index contributed by atoms with van der Waals surface area (Å²) >= 11 is 0. The van der Waals surface area contributed by atoms with Crippen molar-refractivity contribution in [1.82, 2.24) is 0 Å². The molecule has 0 saturated heterocycles. The molecule has 0 heterocycles. The van der Waals surface area contributed by atoms with Crippen LogP contribution in [-0.4, -0.2) is 30.9 Å². The minimum absolute atomic E-state index is 0.0808. The van der Waals surface area contributed by atoms with Crippen molar-refractivity contribution in [3.63, 3.8) is 0 Å². The molecule has 0 unspecified atom stereocenters. The van der Waals surface area contributed by atoms with Gasteiger partial charge in [0.05, 0.1) is 36.6 Å². The van der Waals surface area contributed by atoms with Crippen LogP contribution >= 0.6 is 0 Å². The van der Waals surface area contributed by atoms with Crippen molar-refractivity contribution in [1.29, 1.82) is 0 Å². The molecule has 0 spiro atoms. The van der Waals surface area contributed by atoms with Crippen molar-refractivity contribution in [3.8, 4) is 0 Å². The number of nitrogens with zero attached hydrogens (tertiary/aromatic N) is 1. The zero-order chi connectivity index (χ0) is 18.1. The molecule has 0 aromatic heterocycles. The highest BCUT2D eigenvalue weighted by molar-refractivity contribution is 6.10. The second-order valence-electron chi connectivity index (χ2n) is 5.17. The molecule has 0 atom stereocenters. The topological polar surface area (TPSA) is 65.0 Å². The van der Waals surface area contributed by atoms with Crippen molar-refractivity contribution in [2.24, 2.45) is 4.99 Å². The third kappa shape index (κ3) is 5.57. The Hall–Kier alpha value is -2.95. The fourth-order valence-corrected chi connectivity index (χ4v) is 2.23. The first kappa shape index (κ1) is 18.4. The van der Waals surface area contributed by atoms with Crippen LogP contribution in [0.1, 0.15) is 36.2 Å². The molecule has 5 heteroatoms. The molecular weight excluding hydrogens is 318 g/mol. The summed E-state index contributed by atoms with van der Waals surface area (Å²) in [6, 6.07) is 16.2. The van der Waals surface area contributed by atoms with Crippen molar-refractivity contribution in [3.05, 3.63) is 65.7 Å². The van der Waals surface area contributed by atoms with Gasteiger partial charge in [-0.15, -0.1) is 0 Å². The van der Waals surface area contributed by atoms with Gasteiger partial charge in [0.25, 0.3) is 0 Å². The van der Waals surface area contributed by atoms with E-state index in [4.69, 9.17) is 9.47 Å². The normalized spacial score (nSPS) is 11.0. The zero-order valence-electron chi connectivity index (χ0n) is 14.4. The minimum atomic E-state index is -0.368. The van der Waals surface area contributed by atoms with E-state index in [1.807, 2.05) is 30.3 Å². The van der Waals surface area contributed by atoms with E-state index >= 15 is 0 Å². The van der Waals surface area contributed by atoms with E-state index in [1.54, 1.807) is 38.1 Å². The standard InChI is InChI=1S/C20H21NO4/c1-3-24-19(22)14-18(15-8-6-5-7-9-15)21-17-12-10-16(11-13-17)20(23)25-4-2/h5-13H,3-4,14H2,1-2H3. The summed E-state index contributed by atoms with van der Waals surface area (Å²) < 4.78 is 9.99. The van der Waals surface area contributed by atoms with E-state index in [2.05, 4.69) is 4.99 Å². The van der Waals surface area contributed by atoms with E-state index in [9.17, 15) is 9.59 Å². The maximum atomic E-state index is 11.9. The number of hydrogen-bond donors (Lipinski definition) is 0. The molecule has 2 aromatic carbocycles. The molecule has 0 saturated carbocycles. The number of carbonyl (C=O) groups is 2. The van der Waals surface area contributed by atoms with Gasteiger partial charge in [0.1, 0.15) is 0 Å². The molecule has 0 fully saturated rings. The van der Waals surface area contributed by atoms with Crippen molar-refractivity contribution >= 4 is 23.3 Å². The molecule has 0 aliphatic heterocycles. The first-order valence-electron chi connectivity index (χ1n) is 8.19. The van der Waals surface area contributed by atoms with E-state index in [0.717, 1.165) is 5.56 Å². The van der Waals surface area contributed by atoms with Gasteiger partial charge in [-0.05, 0) is 43.7 Å². The van der Waals surface area contributed by atoms with E-state index < -0.39 is 0 Å². The molecule has 130 valence electrons. The van der Waals surface area contributed by atoms with Crippen molar-refractivity contribution in [2.75, 3.05) is 13.2 Å². The molecule has 2 aromatic rings. The van der Waals surface area contributed by atoms with Crippen LogP contribution in [-0.2, 0) is 14.3 Å². The molecule has 5 nitrogen and oxygen atoms in total. The van der Waals surface area contributed by atoms with Crippen molar-refractivity contribution < 1.29 is 19.1 Å². The summed E-state index contributed by atoms with van der Waals surface area (Å²) in [4.78, 5) is 28.1. The molecule has 2 rings (SSSR count). The predicted molar refractivity (Wildman–Crippen MR) is 96.3 cm³/mol. The fourth-order valence-electron chi connectivity index (χ4n) is 2.23. The molecular formula is C20H21NO4. The van der Waals surface area contributed by atoms with Crippen LogP contribution in [0.15, 0.2) is 59.6 Å². The quantitative estimate of drug-likeness (QED) is 0.566. The van der Waals surface area contributed by atoms with Crippen LogP contribution in [0.5, 0.6) is 0 Å². The number of carbonyl (C=O) groups excluding carboxylic acids is 2. The zero-order valence-corrected chi connectivity index (χ0v) is 14.4. The lowest BCUT2D eigenvalue weighted by molar-refractivity contribution is -0.141. The number of esters is 2. The Morgan fingerprint density at radius 1 is 0.840 bits per heavy atom. The lowest BCUT2D eigenvalue weighted by Gasteiger charge is -2.07. The molecule has 0 radical (unpaired) electrons. The van der Waals surface area contributed by atoms with Gasteiger partial charge in [0, 0.05) is 0 Å². The average molecular weight is 339 g/mol. The summed E-state index contributed by atoms with van der Waals surface area (Å²) in [5.74, 6) is -0.693. The van der Waals surface area contributed by atoms with Crippen LogP contribution < -0.4 is 0 Å². The fraction of sp³-hybridized carbons (Fsp3) is 0.250. The first-order chi connectivity index (χ1) is 12.1.